The first-order valence-electron chi connectivity index (χ1n) is 5.76. The highest BCUT2D eigenvalue weighted by Gasteiger charge is 2.19. The first-order valence-corrected chi connectivity index (χ1v) is 7.25. The molecule has 1 aliphatic rings. The first kappa shape index (κ1) is 13.6. The van der Waals surface area contributed by atoms with Crippen LogP contribution in [0, 0.1) is 0 Å². The van der Waals surface area contributed by atoms with Gasteiger partial charge in [-0.1, -0.05) is 0 Å². The van der Waals surface area contributed by atoms with Gasteiger partial charge in [-0.05, 0) is 20.8 Å². The normalized spacial score (nSPS) is 18.8. The molecular formula is C11H22N2O2S. The summed E-state index contributed by atoms with van der Waals surface area (Å²) < 4.78 is 11.1. The molecule has 0 spiro atoms. The Balaban J connectivity index is 2.22. The van der Waals surface area contributed by atoms with Crippen LogP contribution in [-0.2, 0) is 15.6 Å². The maximum atomic E-state index is 11.8. The molecule has 16 heavy (non-hydrogen) atoms. The van der Waals surface area contributed by atoms with Crippen molar-refractivity contribution in [2.24, 2.45) is 0 Å². The molecule has 0 aromatic carbocycles. The van der Waals surface area contributed by atoms with Crippen molar-refractivity contribution in [3.8, 4) is 0 Å². The van der Waals surface area contributed by atoms with E-state index in [1.807, 2.05) is 4.90 Å². The maximum Gasteiger partial charge on any atom is 0.223 e. The van der Waals surface area contributed by atoms with Gasteiger partial charge in [-0.3, -0.25) is 9.00 Å². The zero-order valence-electron chi connectivity index (χ0n) is 10.4. The molecule has 94 valence electrons. The van der Waals surface area contributed by atoms with Gasteiger partial charge in [-0.2, -0.15) is 0 Å². The largest absolute Gasteiger partial charge is 0.341 e. The van der Waals surface area contributed by atoms with Crippen molar-refractivity contribution in [3.05, 3.63) is 0 Å². The lowest BCUT2D eigenvalue weighted by atomic mass is 10.1. The lowest BCUT2D eigenvalue weighted by Crippen LogP contribution is -2.44. The molecule has 1 aliphatic heterocycles. The van der Waals surface area contributed by atoms with Crippen LogP contribution in [0.5, 0.6) is 0 Å². The van der Waals surface area contributed by atoms with Crippen molar-refractivity contribution in [1.29, 1.82) is 0 Å². The quantitative estimate of drug-likeness (QED) is 0.782. The Kier molecular flexibility index (Phi) is 4.92. The summed E-state index contributed by atoms with van der Waals surface area (Å²) >= 11 is 0. The summed E-state index contributed by atoms with van der Waals surface area (Å²) in [7, 11) is -0.707. The van der Waals surface area contributed by atoms with E-state index in [1.165, 1.54) is 0 Å². The lowest BCUT2D eigenvalue weighted by Gasteiger charge is -2.27. The van der Waals surface area contributed by atoms with Gasteiger partial charge in [-0.15, -0.1) is 0 Å². The molecule has 0 unspecified atom stereocenters. The molecule has 0 saturated carbocycles. The molecule has 1 rings (SSSR count). The number of rotatable bonds is 3. The van der Waals surface area contributed by atoms with Crippen molar-refractivity contribution >= 4 is 16.7 Å². The number of nitrogens with one attached hydrogen (secondary N) is 1. The molecule has 0 radical (unpaired) electrons. The van der Waals surface area contributed by atoms with E-state index in [0.717, 1.165) is 0 Å². The Morgan fingerprint density at radius 2 is 1.88 bits per heavy atom. The average molecular weight is 246 g/mol. The maximum absolute atomic E-state index is 11.8. The van der Waals surface area contributed by atoms with Crippen LogP contribution in [0.1, 0.15) is 27.2 Å². The van der Waals surface area contributed by atoms with E-state index in [0.29, 0.717) is 37.6 Å². The Labute approximate surface area is 100 Å². The second-order valence-corrected chi connectivity index (χ2v) is 6.85. The Hall–Kier alpha value is -0.420. The van der Waals surface area contributed by atoms with Crippen LogP contribution in [0.2, 0.25) is 0 Å². The zero-order valence-corrected chi connectivity index (χ0v) is 11.2. The monoisotopic (exact) mass is 246 g/mol. The number of hydrogen-bond donors (Lipinski definition) is 1. The second kappa shape index (κ2) is 5.77. The molecule has 1 N–H and O–H groups in total. The van der Waals surface area contributed by atoms with Gasteiger partial charge in [-0.25, -0.2) is 0 Å². The molecule has 1 fully saturated rings. The van der Waals surface area contributed by atoms with E-state index in [9.17, 15) is 9.00 Å². The fraction of sp³-hybridized carbons (Fsp3) is 0.909. The van der Waals surface area contributed by atoms with Crippen LogP contribution in [0.15, 0.2) is 0 Å². The van der Waals surface area contributed by atoms with Gasteiger partial charge in [0.15, 0.2) is 0 Å². The summed E-state index contributed by atoms with van der Waals surface area (Å²) in [5.74, 6) is 1.45. The van der Waals surface area contributed by atoms with E-state index in [-0.39, 0.29) is 11.4 Å². The minimum absolute atomic E-state index is 0.0592. The van der Waals surface area contributed by atoms with Crippen LogP contribution in [0.3, 0.4) is 0 Å². The Morgan fingerprint density at radius 3 is 2.38 bits per heavy atom. The molecular weight excluding hydrogens is 224 g/mol. The third-order valence-corrected chi connectivity index (χ3v) is 3.80. The highest BCUT2D eigenvalue weighted by Crippen LogP contribution is 2.03. The van der Waals surface area contributed by atoms with Crippen LogP contribution in [0.25, 0.3) is 0 Å². The third-order valence-electron chi connectivity index (χ3n) is 2.52. The number of carbonyl (C=O) groups excluding carboxylic acids is 1. The highest BCUT2D eigenvalue weighted by molar-refractivity contribution is 7.85. The van der Waals surface area contributed by atoms with Crippen LogP contribution >= 0.6 is 0 Å². The van der Waals surface area contributed by atoms with Gasteiger partial charge in [0.1, 0.15) is 0 Å². The summed E-state index contributed by atoms with van der Waals surface area (Å²) in [4.78, 5) is 13.6. The summed E-state index contributed by atoms with van der Waals surface area (Å²) in [6.07, 6.45) is 0.532. The molecule has 0 aromatic rings. The standard InChI is InChI=1S/C11H22N2O2S/c1-11(2,3)12-5-4-10(14)13-6-8-16(15)9-7-13/h12H,4-9H2,1-3H3. The molecule has 4 nitrogen and oxygen atoms in total. The molecule has 0 bridgehead atoms. The van der Waals surface area contributed by atoms with Crippen molar-refractivity contribution in [2.75, 3.05) is 31.1 Å². The van der Waals surface area contributed by atoms with Gasteiger partial charge in [0.25, 0.3) is 0 Å². The number of nitrogens with zero attached hydrogens (tertiary/aromatic N) is 1. The van der Waals surface area contributed by atoms with Gasteiger partial charge in [0.05, 0.1) is 0 Å². The molecule has 1 amide bonds. The summed E-state index contributed by atoms with van der Waals surface area (Å²) in [5, 5.41) is 3.29. The number of amides is 1. The SMILES string of the molecule is CC(C)(C)NCCC(=O)N1CCS(=O)CC1. The van der Waals surface area contributed by atoms with Crippen molar-refractivity contribution in [2.45, 2.75) is 32.7 Å². The summed E-state index contributed by atoms with van der Waals surface area (Å²) in [6, 6.07) is 0. The van der Waals surface area contributed by atoms with Gasteiger partial charge < -0.3 is 10.2 Å². The van der Waals surface area contributed by atoms with Crippen LogP contribution in [0.4, 0.5) is 0 Å². The second-order valence-electron chi connectivity index (χ2n) is 5.16. The predicted octanol–water partition coefficient (Wildman–Crippen LogP) is 0.356. The van der Waals surface area contributed by atoms with Crippen LogP contribution in [-0.4, -0.2) is 51.7 Å². The molecule has 0 aromatic heterocycles. The Bertz CT molecular complexity index is 264. The van der Waals surface area contributed by atoms with E-state index in [2.05, 4.69) is 26.1 Å². The fourth-order valence-electron chi connectivity index (χ4n) is 1.59. The van der Waals surface area contributed by atoms with E-state index < -0.39 is 10.8 Å². The van der Waals surface area contributed by atoms with Gasteiger partial charge in [0, 0.05) is 53.9 Å². The van der Waals surface area contributed by atoms with E-state index >= 15 is 0 Å². The number of hydrogen-bond acceptors (Lipinski definition) is 3. The van der Waals surface area contributed by atoms with Crippen LogP contribution < -0.4 is 5.32 Å². The zero-order chi connectivity index (χ0) is 12.2. The topological polar surface area (TPSA) is 49.4 Å². The van der Waals surface area contributed by atoms with Gasteiger partial charge in [0.2, 0.25) is 5.91 Å². The van der Waals surface area contributed by atoms with Gasteiger partial charge >= 0.3 is 0 Å². The van der Waals surface area contributed by atoms with E-state index in [1.54, 1.807) is 0 Å². The van der Waals surface area contributed by atoms with Crippen molar-refractivity contribution in [3.63, 3.8) is 0 Å². The first-order chi connectivity index (χ1) is 7.38. The highest BCUT2D eigenvalue weighted by atomic mass is 32.2. The molecule has 0 atom stereocenters. The van der Waals surface area contributed by atoms with Crippen molar-refractivity contribution < 1.29 is 9.00 Å². The third kappa shape index (κ3) is 5.07. The molecule has 0 aliphatic carbocycles. The smallest absolute Gasteiger partial charge is 0.223 e. The fourth-order valence-corrected chi connectivity index (χ4v) is 2.64. The van der Waals surface area contributed by atoms with Crippen molar-refractivity contribution in [1.82, 2.24) is 10.2 Å². The number of carbonyl (C=O) groups is 1. The summed E-state index contributed by atoms with van der Waals surface area (Å²) in [6.45, 7) is 8.27. The molecule has 5 heteroatoms. The Morgan fingerprint density at radius 1 is 1.31 bits per heavy atom. The lowest BCUT2D eigenvalue weighted by molar-refractivity contribution is -0.130. The average Bonchev–Trinajstić information content (AvgIpc) is 2.16. The predicted molar refractivity (Wildman–Crippen MR) is 66.8 cm³/mol. The molecule has 1 heterocycles. The van der Waals surface area contributed by atoms with E-state index in [4.69, 9.17) is 0 Å². The minimum Gasteiger partial charge on any atom is -0.341 e. The molecule has 1 saturated heterocycles. The summed E-state index contributed by atoms with van der Waals surface area (Å²) in [5.41, 5.74) is 0.0592. The minimum atomic E-state index is -0.707.